The molecule has 1 heterocycles. The maximum Gasteiger partial charge on any atom is 0.335 e. The summed E-state index contributed by atoms with van der Waals surface area (Å²) >= 11 is 0. The number of carboxylic acids is 1. The third kappa shape index (κ3) is 6.30. The van der Waals surface area contributed by atoms with E-state index in [0.29, 0.717) is 12.1 Å². The summed E-state index contributed by atoms with van der Waals surface area (Å²) in [6.45, 7) is 7.29. The number of pyridine rings is 1. The Labute approximate surface area is 178 Å². The van der Waals surface area contributed by atoms with Gasteiger partial charge in [0.05, 0.1) is 5.56 Å². The van der Waals surface area contributed by atoms with Crippen molar-refractivity contribution in [1.29, 1.82) is 0 Å². The fourth-order valence-electron chi connectivity index (χ4n) is 2.99. The highest BCUT2D eigenvalue weighted by Crippen LogP contribution is 2.22. The summed E-state index contributed by atoms with van der Waals surface area (Å²) in [5, 5.41) is 9.11. The predicted molar refractivity (Wildman–Crippen MR) is 113 cm³/mol. The SMILES string of the molecule is CC(C)(C)c1ccc(/C=C\c2cc[n+](Cc3cccc(C(=O)O)c3)cc2)cc1.[Cl-]. The van der Waals surface area contributed by atoms with Gasteiger partial charge in [-0.3, -0.25) is 0 Å². The number of nitrogens with zero attached hydrogens (tertiary/aromatic N) is 1. The molecule has 0 bridgehead atoms. The van der Waals surface area contributed by atoms with Gasteiger partial charge in [0.1, 0.15) is 0 Å². The van der Waals surface area contributed by atoms with E-state index in [1.165, 1.54) is 11.1 Å². The molecule has 0 atom stereocenters. The molecule has 0 aliphatic carbocycles. The fourth-order valence-corrected chi connectivity index (χ4v) is 2.99. The minimum Gasteiger partial charge on any atom is -1.00 e. The molecule has 150 valence electrons. The van der Waals surface area contributed by atoms with E-state index in [-0.39, 0.29) is 17.8 Å². The minimum absolute atomic E-state index is 0. The molecule has 2 aromatic carbocycles. The van der Waals surface area contributed by atoms with Crippen LogP contribution in [0, 0.1) is 0 Å². The summed E-state index contributed by atoms with van der Waals surface area (Å²) < 4.78 is 2.04. The molecule has 29 heavy (non-hydrogen) atoms. The minimum atomic E-state index is -0.900. The van der Waals surface area contributed by atoms with Gasteiger partial charge in [-0.2, -0.15) is 0 Å². The van der Waals surface area contributed by atoms with Crippen LogP contribution in [0.15, 0.2) is 73.1 Å². The molecule has 1 N–H and O–H groups in total. The number of hydrogen-bond donors (Lipinski definition) is 1. The maximum atomic E-state index is 11.1. The summed E-state index contributed by atoms with van der Waals surface area (Å²) in [4.78, 5) is 11.1. The zero-order valence-corrected chi connectivity index (χ0v) is 17.7. The third-order valence-electron chi connectivity index (χ3n) is 4.70. The van der Waals surface area contributed by atoms with Gasteiger partial charge in [-0.05, 0) is 34.2 Å². The van der Waals surface area contributed by atoms with E-state index in [4.69, 9.17) is 5.11 Å². The molecular weight excluding hydrogens is 382 g/mol. The molecule has 0 radical (unpaired) electrons. The molecule has 3 rings (SSSR count). The first-order valence-electron chi connectivity index (χ1n) is 9.41. The molecule has 0 aliphatic rings. The van der Waals surface area contributed by atoms with Crippen molar-refractivity contribution in [3.63, 3.8) is 0 Å². The first-order valence-corrected chi connectivity index (χ1v) is 9.41. The number of aromatic nitrogens is 1. The van der Waals surface area contributed by atoms with E-state index in [0.717, 1.165) is 11.1 Å². The number of hydrogen-bond acceptors (Lipinski definition) is 1. The Bertz CT molecular complexity index is 985. The summed E-state index contributed by atoms with van der Waals surface area (Å²) in [7, 11) is 0. The van der Waals surface area contributed by atoms with Crippen molar-refractivity contribution >= 4 is 18.1 Å². The second-order valence-electron chi connectivity index (χ2n) is 8.01. The standard InChI is InChI=1S/C25H25NO2.ClH/c1-25(2,3)23-11-9-19(10-12-23)7-8-20-13-15-26(16-14-20)18-21-5-4-6-22(17-21)24(27)28;/h4-17H,18H2,1-3H3;1H/b8-7-;. The van der Waals surface area contributed by atoms with E-state index in [2.05, 4.69) is 69.3 Å². The molecule has 0 fully saturated rings. The summed E-state index contributed by atoms with van der Waals surface area (Å²) in [5.74, 6) is -0.900. The Balaban J connectivity index is 0.00000300. The zero-order valence-electron chi connectivity index (χ0n) is 17.0. The zero-order chi connectivity index (χ0) is 20.1. The second kappa shape index (κ2) is 9.53. The lowest BCUT2D eigenvalue weighted by atomic mass is 9.87. The number of carboxylic acid groups (broad SMARTS) is 1. The lowest BCUT2D eigenvalue weighted by molar-refractivity contribution is -0.688. The topological polar surface area (TPSA) is 41.2 Å². The largest absolute Gasteiger partial charge is 1.00 e. The molecule has 3 nitrogen and oxygen atoms in total. The van der Waals surface area contributed by atoms with Crippen molar-refractivity contribution in [3.8, 4) is 0 Å². The van der Waals surface area contributed by atoms with Crippen LogP contribution in [0.25, 0.3) is 12.2 Å². The van der Waals surface area contributed by atoms with Gasteiger partial charge < -0.3 is 17.5 Å². The first-order chi connectivity index (χ1) is 13.3. The fraction of sp³-hybridized carbons (Fsp3) is 0.200. The van der Waals surface area contributed by atoms with Crippen LogP contribution in [0.5, 0.6) is 0 Å². The number of carbonyl (C=O) groups is 1. The number of aromatic carboxylic acids is 1. The van der Waals surface area contributed by atoms with Gasteiger partial charge in [0.25, 0.3) is 0 Å². The Morgan fingerprint density at radius 2 is 1.52 bits per heavy atom. The molecule has 0 unspecified atom stereocenters. The van der Waals surface area contributed by atoms with Gasteiger partial charge in [-0.15, -0.1) is 0 Å². The normalized spacial score (nSPS) is 11.3. The van der Waals surface area contributed by atoms with Crippen molar-refractivity contribution < 1.29 is 26.9 Å². The van der Waals surface area contributed by atoms with Crippen molar-refractivity contribution in [2.24, 2.45) is 0 Å². The molecule has 4 heteroatoms. The molecule has 0 spiro atoms. The van der Waals surface area contributed by atoms with Gasteiger partial charge in [-0.1, -0.05) is 69.3 Å². The predicted octanol–water partition coefficient (Wildman–Crippen LogP) is 2.19. The van der Waals surface area contributed by atoms with Crippen LogP contribution < -0.4 is 17.0 Å². The van der Waals surface area contributed by atoms with E-state index in [1.54, 1.807) is 18.2 Å². The summed E-state index contributed by atoms with van der Waals surface area (Å²) in [6.07, 6.45) is 8.23. The monoisotopic (exact) mass is 407 g/mol. The average molecular weight is 408 g/mol. The molecule has 0 amide bonds. The van der Waals surface area contributed by atoms with Gasteiger partial charge >= 0.3 is 5.97 Å². The molecule has 0 saturated heterocycles. The molecule has 0 saturated carbocycles. The molecular formula is C25H26ClNO2. The average Bonchev–Trinajstić information content (AvgIpc) is 2.67. The first kappa shape index (κ1) is 22.4. The highest BCUT2D eigenvalue weighted by atomic mass is 35.5. The number of halogens is 1. The quantitative estimate of drug-likeness (QED) is 0.659. The van der Waals surface area contributed by atoms with Crippen molar-refractivity contribution in [2.75, 3.05) is 0 Å². The van der Waals surface area contributed by atoms with Crippen LogP contribution >= 0.6 is 0 Å². The Hall–Kier alpha value is -2.91. The highest BCUT2D eigenvalue weighted by molar-refractivity contribution is 5.87. The summed E-state index contributed by atoms with van der Waals surface area (Å²) in [5.41, 5.74) is 5.07. The van der Waals surface area contributed by atoms with Crippen LogP contribution in [0.3, 0.4) is 0 Å². The van der Waals surface area contributed by atoms with Crippen molar-refractivity contribution in [1.82, 2.24) is 0 Å². The molecule has 0 aliphatic heterocycles. The number of benzene rings is 2. The lowest BCUT2D eigenvalue weighted by Gasteiger charge is -2.18. The van der Waals surface area contributed by atoms with Crippen LogP contribution in [0.2, 0.25) is 0 Å². The van der Waals surface area contributed by atoms with E-state index < -0.39 is 5.97 Å². The Morgan fingerprint density at radius 1 is 0.931 bits per heavy atom. The van der Waals surface area contributed by atoms with E-state index in [9.17, 15) is 4.79 Å². The van der Waals surface area contributed by atoms with Crippen LogP contribution in [0.4, 0.5) is 0 Å². The highest BCUT2D eigenvalue weighted by Gasteiger charge is 2.12. The van der Waals surface area contributed by atoms with Crippen LogP contribution in [-0.2, 0) is 12.0 Å². The van der Waals surface area contributed by atoms with Gasteiger partial charge in [0.2, 0.25) is 0 Å². The maximum absolute atomic E-state index is 11.1. The van der Waals surface area contributed by atoms with Crippen molar-refractivity contribution in [2.45, 2.75) is 32.7 Å². The van der Waals surface area contributed by atoms with Gasteiger partial charge in [0, 0.05) is 17.7 Å². The van der Waals surface area contributed by atoms with Crippen LogP contribution in [-0.4, -0.2) is 11.1 Å². The van der Waals surface area contributed by atoms with Crippen LogP contribution in [0.1, 0.15) is 53.4 Å². The van der Waals surface area contributed by atoms with Gasteiger partial charge in [-0.25, -0.2) is 9.36 Å². The molecule has 3 aromatic rings. The van der Waals surface area contributed by atoms with E-state index in [1.807, 2.05) is 23.0 Å². The second-order valence-corrected chi connectivity index (χ2v) is 8.01. The summed E-state index contributed by atoms with van der Waals surface area (Å²) in [6, 6.07) is 19.8. The lowest BCUT2D eigenvalue weighted by Crippen LogP contribution is -3.00. The van der Waals surface area contributed by atoms with Gasteiger partial charge in [0.15, 0.2) is 18.9 Å². The third-order valence-corrected chi connectivity index (χ3v) is 4.70. The van der Waals surface area contributed by atoms with Crippen molar-refractivity contribution in [3.05, 3.63) is 101 Å². The molecule has 1 aromatic heterocycles. The number of rotatable bonds is 5. The Kier molecular flexibility index (Phi) is 7.35. The Morgan fingerprint density at radius 3 is 2.07 bits per heavy atom. The smallest absolute Gasteiger partial charge is 0.335 e. The van der Waals surface area contributed by atoms with E-state index >= 15 is 0 Å².